The van der Waals surface area contributed by atoms with E-state index in [-0.39, 0.29) is 5.92 Å². The van der Waals surface area contributed by atoms with E-state index in [1.54, 1.807) is 0 Å². The van der Waals surface area contributed by atoms with Gasteiger partial charge in [0.2, 0.25) is 0 Å². The Balaban J connectivity index is 1.20. The molecule has 2 unspecified atom stereocenters. The van der Waals surface area contributed by atoms with Crippen LogP contribution in [0.1, 0.15) is 24.2 Å². The van der Waals surface area contributed by atoms with Crippen molar-refractivity contribution >= 4 is 38.3 Å². The predicted octanol–water partition coefficient (Wildman–Crippen LogP) is 10.8. The summed E-state index contributed by atoms with van der Waals surface area (Å²) in [6.45, 7) is 2.14. The van der Waals surface area contributed by atoms with Crippen molar-refractivity contribution in [3.8, 4) is 39.7 Å². The largest absolute Gasteiger partial charge is 0.481 e. The van der Waals surface area contributed by atoms with Crippen LogP contribution in [0.5, 0.6) is 5.75 Å². The van der Waals surface area contributed by atoms with E-state index < -0.39 is 5.60 Å². The van der Waals surface area contributed by atoms with Crippen LogP contribution in [0.25, 0.3) is 72.2 Å². The van der Waals surface area contributed by atoms with Gasteiger partial charge >= 0.3 is 0 Å². The number of ether oxygens (including phenoxy) is 1. The average Bonchev–Trinajstić information content (AvgIpc) is 3.69. The van der Waals surface area contributed by atoms with Crippen LogP contribution in [0.15, 0.2) is 156 Å². The lowest BCUT2D eigenvalue weighted by atomic mass is 9.77. The Labute approximate surface area is 282 Å². The molecule has 2 atom stereocenters. The Hall–Kier alpha value is -6.33. The highest BCUT2D eigenvalue weighted by Gasteiger charge is 2.48. The van der Waals surface area contributed by atoms with Gasteiger partial charge in [0.15, 0.2) is 17.5 Å². The molecule has 5 heteroatoms. The number of hydrogen-bond donors (Lipinski definition) is 0. The Morgan fingerprint density at radius 3 is 2.24 bits per heavy atom. The standard InChI is InChI=1S/C44H29N3O2/c1-44-35(33-16-6-9-22-38(33)49-44)19-11-20-36(44)43-46-41(29-25-24-27-12-2-3-13-28(27)26-29)45-42(47-43)32-15-5-4-14-30(32)31-18-10-23-39-40(31)34-17-7-8-21-37(34)48-39/h2-26,35H,1H3. The first-order chi connectivity index (χ1) is 24.1. The Kier molecular flexibility index (Phi) is 6.00. The number of hydrogen-bond acceptors (Lipinski definition) is 5. The van der Waals surface area contributed by atoms with Crippen LogP contribution in [0, 0.1) is 0 Å². The lowest BCUT2D eigenvalue weighted by Crippen LogP contribution is -2.37. The van der Waals surface area contributed by atoms with Gasteiger partial charge in [0.05, 0.1) is 0 Å². The fraction of sp³-hybridized carbons (Fsp3) is 0.0682. The van der Waals surface area contributed by atoms with E-state index >= 15 is 0 Å². The Bertz CT molecular complexity index is 2690. The maximum atomic E-state index is 6.76. The van der Waals surface area contributed by atoms with E-state index in [1.165, 1.54) is 10.9 Å². The molecule has 1 aliphatic carbocycles. The first-order valence-electron chi connectivity index (χ1n) is 16.6. The van der Waals surface area contributed by atoms with Crippen molar-refractivity contribution in [2.24, 2.45) is 0 Å². The molecule has 2 aliphatic rings. The number of allylic oxidation sites excluding steroid dienone is 2. The monoisotopic (exact) mass is 631 g/mol. The van der Waals surface area contributed by atoms with Gasteiger partial charge in [-0.2, -0.15) is 0 Å². The zero-order chi connectivity index (χ0) is 32.5. The minimum Gasteiger partial charge on any atom is -0.481 e. The number of rotatable bonds is 4. The summed E-state index contributed by atoms with van der Waals surface area (Å²) in [5, 5.41) is 4.44. The van der Waals surface area contributed by atoms with Crippen molar-refractivity contribution < 1.29 is 9.15 Å². The van der Waals surface area contributed by atoms with Gasteiger partial charge < -0.3 is 9.15 Å². The van der Waals surface area contributed by atoms with E-state index in [0.717, 1.165) is 60.9 Å². The Morgan fingerprint density at radius 2 is 1.31 bits per heavy atom. The van der Waals surface area contributed by atoms with Crippen LogP contribution in [0.2, 0.25) is 0 Å². The predicted molar refractivity (Wildman–Crippen MR) is 196 cm³/mol. The van der Waals surface area contributed by atoms with Crippen LogP contribution >= 0.6 is 0 Å². The number of aromatic nitrogens is 3. The van der Waals surface area contributed by atoms with E-state index in [1.807, 2.05) is 42.5 Å². The summed E-state index contributed by atoms with van der Waals surface area (Å²) >= 11 is 0. The van der Waals surface area contributed by atoms with Gasteiger partial charge in [-0.25, -0.2) is 15.0 Å². The summed E-state index contributed by atoms with van der Waals surface area (Å²) in [5.74, 6) is 2.73. The van der Waals surface area contributed by atoms with Gasteiger partial charge in [-0.05, 0) is 53.1 Å². The molecule has 10 rings (SSSR count). The zero-order valence-electron chi connectivity index (χ0n) is 26.7. The molecule has 49 heavy (non-hydrogen) atoms. The second-order valence-electron chi connectivity index (χ2n) is 12.9. The SMILES string of the molecule is CC12Oc3ccccc3C1C=CC=C2c1nc(-c2ccc3ccccc3c2)nc(-c2ccccc2-c2cccc3oc4ccccc4c23)n1. The quantitative estimate of drug-likeness (QED) is 0.193. The highest BCUT2D eigenvalue weighted by Crippen LogP contribution is 2.52. The lowest BCUT2D eigenvalue weighted by molar-refractivity contribution is 0.165. The van der Waals surface area contributed by atoms with Crippen LogP contribution < -0.4 is 4.74 Å². The van der Waals surface area contributed by atoms with E-state index in [0.29, 0.717) is 17.5 Å². The van der Waals surface area contributed by atoms with Gasteiger partial charge in [0.25, 0.3) is 0 Å². The molecule has 0 amide bonds. The summed E-state index contributed by atoms with van der Waals surface area (Å²) in [5.41, 5.74) is 7.03. The summed E-state index contributed by atoms with van der Waals surface area (Å²) in [7, 11) is 0. The van der Waals surface area contributed by atoms with Gasteiger partial charge in [0, 0.05) is 39.0 Å². The molecule has 0 saturated carbocycles. The third-order valence-corrected chi connectivity index (χ3v) is 10.0. The summed E-state index contributed by atoms with van der Waals surface area (Å²) in [6.07, 6.45) is 6.41. The third kappa shape index (κ3) is 4.29. The number of para-hydroxylation sites is 2. The molecule has 0 fully saturated rings. The molecule has 5 nitrogen and oxygen atoms in total. The summed E-state index contributed by atoms with van der Waals surface area (Å²) in [4.78, 5) is 15.7. The molecular formula is C44H29N3O2. The van der Waals surface area contributed by atoms with Gasteiger partial charge in [-0.15, -0.1) is 0 Å². The molecule has 3 heterocycles. The molecule has 2 aromatic heterocycles. The second-order valence-corrected chi connectivity index (χ2v) is 12.9. The molecule has 0 N–H and O–H groups in total. The van der Waals surface area contributed by atoms with Crippen molar-refractivity contribution in [1.82, 2.24) is 15.0 Å². The average molecular weight is 632 g/mol. The lowest BCUT2D eigenvalue weighted by Gasteiger charge is -2.33. The minimum absolute atomic E-state index is 0.0345. The van der Waals surface area contributed by atoms with Gasteiger partial charge in [0.1, 0.15) is 22.5 Å². The fourth-order valence-electron chi connectivity index (χ4n) is 7.64. The van der Waals surface area contributed by atoms with Crippen LogP contribution in [-0.4, -0.2) is 20.6 Å². The van der Waals surface area contributed by atoms with Gasteiger partial charge in [-0.3, -0.25) is 0 Å². The maximum Gasteiger partial charge on any atom is 0.164 e. The molecule has 0 spiro atoms. The second kappa shape index (κ2) is 10.6. The van der Waals surface area contributed by atoms with Crippen molar-refractivity contribution in [2.75, 3.05) is 0 Å². The van der Waals surface area contributed by atoms with Crippen LogP contribution in [-0.2, 0) is 0 Å². The highest BCUT2D eigenvalue weighted by atomic mass is 16.5. The normalized spacial score (nSPS) is 18.0. The maximum absolute atomic E-state index is 6.76. The summed E-state index contributed by atoms with van der Waals surface area (Å²) < 4.78 is 13.0. The molecule has 232 valence electrons. The highest BCUT2D eigenvalue weighted by molar-refractivity contribution is 6.13. The third-order valence-electron chi connectivity index (χ3n) is 10.0. The van der Waals surface area contributed by atoms with Crippen LogP contribution in [0.4, 0.5) is 0 Å². The molecule has 0 saturated heterocycles. The molecule has 8 aromatic rings. The van der Waals surface area contributed by atoms with Crippen LogP contribution in [0.3, 0.4) is 0 Å². The smallest absolute Gasteiger partial charge is 0.164 e. The molecule has 1 aliphatic heterocycles. The minimum atomic E-state index is -0.682. The number of benzene rings is 6. The van der Waals surface area contributed by atoms with Gasteiger partial charge in [-0.1, -0.05) is 127 Å². The first-order valence-corrected chi connectivity index (χ1v) is 16.6. The molecule has 6 aromatic carbocycles. The molecule has 0 radical (unpaired) electrons. The van der Waals surface area contributed by atoms with E-state index in [9.17, 15) is 0 Å². The molecule has 0 bridgehead atoms. The molecular weight excluding hydrogens is 603 g/mol. The van der Waals surface area contributed by atoms with E-state index in [4.69, 9.17) is 24.1 Å². The van der Waals surface area contributed by atoms with Crippen molar-refractivity contribution in [3.05, 3.63) is 163 Å². The van der Waals surface area contributed by atoms with Crippen molar-refractivity contribution in [1.29, 1.82) is 0 Å². The topological polar surface area (TPSA) is 61.0 Å². The number of fused-ring (bicyclic) bond motifs is 7. The fourth-order valence-corrected chi connectivity index (χ4v) is 7.64. The first kappa shape index (κ1) is 27.8. The number of furan rings is 1. The van der Waals surface area contributed by atoms with Crippen molar-refractivity contribution in [3.63, 3.8) is 0 Å². The van der Waals surface area contributed by atoms with E-state index in [2.05, 4.69) is 116 Å². The summed E-state index contributed by atoms with van der Waals surface area (Å²) in [6, 6.07) is 45.8. The zero-order valence-corrected chi connectivity index (χ0v) is 26.7. The van der Waals surface area contributed by atoms with Crippen molar-refractivity contribution in [2.45, 2.75) is 18.4 Å². The Morgan fingerprint density at radius 1 is 0.592 bits per heavy atom. The number of nitrogens with zero attached hydrogens (tertiary/aromatic N) is 3.